The molecule has 0 aromatic heterocycles. The lowest BCUT2D eigenvalue weighted by molar-refractivity contribution is 0.594. The van der Waals surface area contributed by atoms with Crippen molar-refractivity contribution in [3.05, 3.63) is 66.2 Å². The van der Waals surface area contributed by atoms with Gasteiger partial charge in [-0.05, 0) is 24.6 Å². The number of hydrogen-bond acceptors (Lipinski definition) is 3. The Bertz CT molecular complexity index is 790. The molecule has 1 atom stereocenters. The van der Waals surface area contributed by atoms with E-state index < -0.39 is 9.84 Å². The zero-order valence-corrected chi connectivity index (χ0v) is 16.2. The van der Waals surface area contributed by atoms with Gasteiger partial charge in [0.25, 0.3) is 0 Å². The fourth-order valence-electron chi connectivity index (χ4n) is 2.51. The highest BCUT2D eigenvalue weighted by Crippen LogP contribution is 2.14. The molecular weight excluding hydrogens is 346 g/mol. The van der Waals surface area contributed by atoms with Crippen LogP contribution in [0.2, 0.25) is 0 Å². The van der Waals surface area contributed by atoms with Crippen LogP contribution in [0.1, 0.15) is 25.3 Å². The molecule has 0 saturated carbocycles. The monoisotopic (exact) mass is 373 g/mol. The van der Waals surface area contributed by atoms with Crippen molar-refractivity contribution in [3.8, 4) is 0 Å². The zero-order chi connectivity index (χ0) is 18.8. The molecule has 26 heavy (non-hydrogen) atoms. The molecule has 2 aromatic rings. The van der Waals surface area contributed by atoms with Crippen LogP contribution in [0.3, 0.4) is 0 Å². The highest BCUT2D eigenvalue weighted by molar-refractivity contribution is 7.91. The Morgan fingerprint density at radius 1 is 1.00 bits per heavy atom. The Balaban J connectivity index is 1.91. The second-order valence-electron chi connectivity index (χ2n) is 6.09. The molecule has 140 valence electrons. The average Bonchev–Trinajstić information content (AvgIpc) is 2.67. The molecule has 0 heterocycles. The van der Waals surface area contributed by atoms with Crippen LogP contribution in [0.5, 0.6) is 0 Å². The molecule has 2 N–H and O–H groups in total. The smallest absolute Gasteiger partial charge is 0.191 e. The summed E-state index contributed by atoms with van der Waals surface area (Å²) in [7, 11) is -3.29. The van der Waals surface area contributed by atoms with E-state index in [1.54, 1.807) is 30.3 Å². The van der Waals surface area contributed by atoms with Gasteiger partial charge in [-0.1, -0.05) is 55.5 Å². The van der Waals surface area contributed by atoms with Crippen LogP contribution in [-0.4, -0.2) is 39.8 Å². The van der Waals surface area contributed by atoms with Crippen molar-refractivity contribution < 1.29 is 8.42 Å². The lowest BCUT2D eigenvalue weighted by Crippen LogP contribution is -2.39. The summed E-state index contributed by atoms with van der Waals surface area (Å²) >= 11 is 0. The molecule has 0 aliphatic heterocycles. The summed E-state index contributed by atoms with van der Waals surface area (Å²) in [4.78, 5) is 4.93. The van der Waals surface area contributed by atoms with E-state index in [0.717, 1.165) is 6.54 Å². The molecule has 0 fully saturated rings. The van der Waals surface area contributed by atoms with Crippen LogP contribution in [0.4, 0.5) is 0 Å². The molecular formula is C20H27N3O2S. The predicted octanol–water partition coefficient (Wildman–Crippen LogP) is 2.82. The average molecular weight is 374 g/mol. The molecule has 0 aliphatic carbocycles. The van der Waals surface area contributed by atoms with Gasteiger partial charge in [-0.3, -0.25) is 4.99 Å². The summed E-state index contributed by atoms with van der Waals surface area (Å²) in [5.74, 6) is 0.952. The second-order valence-corrected chi connectivity index (χ2v) is 8.20. The first kappa shape index (κ1) is 20.0. The Morgan fingerprint density at radius 3 is 2.23 bits per heavy atom. The lowest BCUT2D eigenvalue weighted by Gasteiger charge is -2.14. The third-order valence-corrected chi connectivity index (χ3v) is 5.73. The quantitative estimate of drug-likeness (QED) is 0.551. The summed E-state index contributed by atoms with van der Waals surface area (Å²) in [6.45, 7) is 5.77. The SMILES string of the molecule is CCNC(=NCC(C)c1ccccc1)NCCS(=O)(=O)c1ccccc1. The Morgan fingerprint density at radius 2 is 1.62 bits per heavy atom. The largest absolute Gasteiger partial charge is 0.357 e. The molecule has 0 saturated heterocycles. The lowest BCUT2D eigenvalue weighted by atomic mass is 10.0. The molecule has 2 aromatic carbocycles. The van der Waals surface area contributed by atoms with Gasteiger partial charge in [0, 0.05) is 25.6 Å². The maximum Gasteiger partial charge on any atom is 0.191 e. The number of aliphatic imine (C=N–C) groups is 1. The van der Waals surface area contributed by atoms with E-state index >= 15 is 0 Å². The summed E-state index contributed by atoms with van der Waals surface area (Å²) in [5.41, 5.74) is 1.23. The van der Waals surface area contributed by atoms with E-state index in [0.29, 0.717) is 29.9 Å². The van der Waals surface area contributed by atoms with Crippen LogP contribution in [0, 0.1) is 0 Å². The van der Waals surface area contributed by atoms with Gasteiger partial charge in [-0.25, -0.2) is 8.42 Å². The van der Waals surface area contributed by atoms with Crippen LogP contribution in [0.15, 0.2) is 70.6 Å². The summed E-state index contributed by atoms with van der Waals surface area (Å²) in [6.07, 6.45) is 0. The summed E-state index contributed by atoms with van der Waals surface area (Å²) in [5, 5.41) is 6.27. The van der Waals surface area contributed by atoms with Crippen molar-refractivity contribution in [2.45, 2.75) is 24.7 Å². The number of nitrogens with zero attached hydrogens (tertiary/aromatic N) is 1. The van der Waals surface area contributed by atoms with Crippen molar-refractivity contribution in [1.29, 1.82) is 0 Å². The topological polar surface area (TPSA) is 70.6 Å². The molecule has 1 unspecified atom stereocenters. The molecule has 0 radical (unpaired) electrons. The van der Waals surface area contributed by atoms with Crippen molar-refractivity contribution in [3.63, 3.8) is 0 Å². The van der Waals surface area contributed by atoms with Gasteiger partial charge in [0.1, 0.15) is 0 Å². The van der Waals surface area contributed by atoms with Crippen LogP contribution in [-0.2, 0) is 9.84 Å². The van der Waals surface area contributed by atoms with E-state index in [9.17, 15) is 8.42 Å². The van der Waals surface area contributed by atoms with E-state index in [1.807, 2.05) is 25.1 Å². The van der Waals surface area contributed by atoms with Gasteiger partial charge in [-0.15, -0.1) is 0 Å². The van der Waals surface area contributed by atoms with Crippen LogP contribution < -0.4 is 10.6 Å². The minimum atomic E-state index is -3.29. The Labute approximate surface area is 156 Å². The maximum absolute atomic E-state index is 12.3. The molecule has 6 heteroatoms. The standard InChI is InChI=1S/C20H27N3O2S/c1-3-21-20(23-16-17(2)18-10-6-4-7-11-18)22-14-15-26(24,25)19-12-8-5-9-13-19/h4-13,17H,3,14-16H2,1-2H3,(H2,21,22,23). The van der Waals surface area contributed by atoms with Gasteiger partial charge < -0.3 is 10.6 Å². The summed E-state index contributed by atoms with van der Waals surface area (Å²) in [6, 6.07) is 18.7. The first-order chi connectivity index (χ1) is 12.5. The third kappa shape index (κ3) is 6.19. The normalized spacial score (nSPS) is 13.2. The van der Waals surface area contributed by atoms with Crippen LogP contribution in [0.25, 0.3) is 0 Å². The van der Waals surface area contributed by atoms with Crippen LogP contribution >= 0.6 is 0 Å². The number of rotatable bonds is 8. The molecule has 0 bridgehead atoms. The minimum Gasteiger partial charge on any atom is -0.357 e. The van der Waals surface area contributed by atoms with Crippen molar-refractivity contribution in [2.75, 3.05) is 25.4 Å². The Hall–Kier alpha value is -2.34. The molecule has 0 amide bonds. The van der Waals surface area contributed by atoms with Gasteiger partial charge in [0.2, 0.25) is 0 Å². The Kier molecular flexibility index (Phi) is 7.66. The number of guanidine groups is 1. The number of benzene rings is 2. The number of hydrogen-bond donors (Lipinski definition) is 2. The highest BCUT2D eigenvalue weighted by Gasteiger charge is 2.13. The molecule has 0 spiro atoms. The van der Waals surface area contributed by atoms with E-state index in [4.69, 9.17) is 0 Å². The fraction of sp³-hybridized carbons (Fsp3) is 0.350. The van der Waals surface area contributed by atoms with E-state index in [2.05, 4.69) is 34.7 Å². The van der Waals surface area contributed by atoms with Crippen molar-refractivity contribution >= 4 is 15.8 Å². The van der Waals surface area contributed by atoms with Gasteiger partial charge in [0.15, 0.2) is 15.8 Å². The first-order valence-corrected chi connectivity index (χ1v) is 10.5. The van der Waals surface area contributed by atoms with Gasteiger partial charge in [-0.2, -0.15) is 0 Å². The first-order valence-electron chi connectivity index (χ1n) is 8.88. The maximum atomic E-state index is 12.3. The van der Waals surface area contributed by atoms with Crippen molar-refractivity contribution in [1.82, 2.24) is 10.6 Å². The van der Waals surface area contributed by atoms with E-state index in [1.165, 1.54) is 5.56 Å². The fourth-order valence-corrected chi connectivity index (χ4v) is 3.68. The number of sulfone groups is 1. The predicted molar refractivity (Wildman–Crippen MR) is 107 cm³/mol. The summed E-state index contributed by atoms with van der Waals surface area (Å²) < 4.78 is 24.6. The molecule has 2 rings (SSSR count). The van der Waals surface area contributed by atoms with Gasteiger partial charge in [0.05, 0.1) is 10.6 Å². The molecule has 0 aliphatic rings. The number of nitrogens with one attached hydrogen (secondary N) is 2. The van der Waals surface area contributed by atoms with E-state index in [-0.39, 0.29) is 5.75 Å². The minimum absolute atomic E-state index is 0.0235. The molecule has 5 nitrogen and oxygen atoms in total. The second kappa shape index (κ2) is 9.97. The van der Waals surface area contributed by atoms with Gasteiger partial charge >= 0.3 is 0 Å². The van der Waals surface area contributed by atoms with Crippen molar-refractivity contribution in [2.24, 2.45) is 4.99 Å². The zero-order valence-electron chi connectivity index (χ0n) is 15.4. The highest BCUT2D eigenvalue weighted by atomic mass is 32.2. The third-order valence-electron chi connectivity index (χ3n) is 4.00.